The van der Waals surface area contributed by atoms with Crippen molar-refractivity contribution in [3.05, 3.63) is 18.2 Å². The van der Waals surface area contributed by atoms with Gasteiger partial charge in [0.15, 0.2) is 0 Å². The highest BCUT2D eigenvalue weighted by Crippen LogP contribution is 2.32. The highest BCUT2D eigenvalue weighted by atomic mass is 16.6. The molecule has 3 heterocycles. The molecule has 1 atom stereocenters. The second-order valence-corrected chi connectivity index (χ2v) is 7.82. The van der Waals surface area contributed by atoms with Crippen LogP contribution in [0.25, 0.3) is 0 Å². The van der Waals surface area contributed by atoms with Crippen molar-refractivity contribution in [2.75, 3.05) is 26.2 Å². The number of rotatable bonds is 3. The molecule has 2 saturated heterocycles. The number of likely N-dealkylation sites (tertiary alicyclic amines) is 2. The van der Waals surface area contributed by atoms with Gasteiger partial charge in [-0.3, -0.25) is 4.90 Å². The van der Waals surface area contributed by atoms with Gasteiger partial charge in [0.1, 0.15) is 11.4 Å². The molecular formula is C17H28N4O2. The van der Waals surface area contributed by atoms with Crippen molar-refractivity contribution in [3.63, 3.8) is 0 Å². The molecule has 0 aromatic carbocycles. The molecule has 0 bridgehead atoms. The zero-order valence-electron chi connectivity index (χ0n) is 14.4. The van der Waals surface area contributed by atoms with Crippen molar-refractivity contribution in [2.24, 2.45) is 11.8 Å². The largest absolute Gasteiger partial charge is 0.444 e. The molecule has 1 amide bonds. The molecule has 3 rings (SSSR count). The quantitative estimate of drug-likeness (QED) is 0.929. The van der Waals surface area contributed by atoms with Crippen molar-refractivity contribution in [1.82, 2.24) is 19.8 Å². The van der Waals surface area contributed by atoms with E-state index in [1.54, 1.807) is 6.20 Å². The van der Waals surface area contributed by atoms with Crippen LogP contribution in [0.2, 0.25) is 0 Å². The Labute approximate surface area is 138 Å². The number of carbonyl (C=O) groups is 1. The number of nitrogens with zero attached hydrogens (tertiary/aromatic N) is 3. The maximum Gasteiger partial charge on any atom is 0.410 e. The lowest BCUT2D eigenvalue weighted by Crippen LogP contribution is -2.56. The molecule has 128 valence electrons. The third-order valence-electron chi connectivity index (χ3n) is 4.70. The highest BCUT2D eigenvalue weighted by Gasteiger charge is 2.39. The van der Waals surface area contributed by atoms with Gasteiger partial charge in [0.2, 0.25) is 0 Å². The number of carbonyl (C=O) groups excluding carboxylic acids is 1. The first kappa shape index (κ1) is 16.3. The lowest BCUT2D eigenvalue weighted by molar-refractivity contribution is -0.0201. The first-order chi connectivity index (χ1) is 10.9. The first-order valence-corrected chi connectivity index (χ1v) is 8.59. The molecule has 2 aliphatic rings. The Morgan fingerprint density at radius 1 is 1.35 bits per heavy atom. The van der Waals surface area contributed by atoms with Crippen LogP contribution in [0.1, 0.15) is 39.4 Å². The Morgan fingerprint density at radius 3 is 2.78 bits per heavy atom. The maximum absolute atomic E-state index is 12.0. The van der Waals surface area contributed by atoms with E-state index in [4.69, 9.17) is 4.74 Å². The van der Waals surface area contributed by atoms with E-state index in [9.17, 15) is 4.79 Å². The van der Waals surface area contributed by atoms with Crippen molar-refractivity contribution in [1.29, 1.82) is 0 Å². The summed E-state index contributed by atoms with van der Waals surface area (Å²) in [5.74, 6) is 2.33. The number of H-pyrrole nitrogens is 1. The summed E-state index contributed by atoms with van der Waals surface area (Å²) in [6.45, 7) is 10.6. The fraction of sp³-hybridized carbons (Fsp3) is 0.765. The maximum atomic E-state index is 12.0. The van der Waals surface area contributed by atoms with Gasteiger partial charge in [-0.2, -0.15) is 0 Å². The van der Waals surface area contributed by atoms with Gasteiger partial charge in [0.25, 0.3) is 0 Å². The molecule has 0 radical (unpaired) electrons. The van der Waals surface area contributed by atoms with E-state index in [1.165, 1.54) is 12.8 Å². The molecule has 1 aromatic rings. The summed E-state index contributed by atoms with van der Waals surface area (Å²) in [5.41, 5.74) is -0.410. The standard InChI is InChI=1S/C17H28N4O2/c1-17(2,3)23-16(22)21-10-14(11-21)13-5-4-8-20(9-13)12-15-18-6-7-19-15/h6-7,13-14H,4-5,8-12H2,1-3H3,(H,18,19). The van der Waals surface area contributed by atoms with Crippen LogP contribution in [0.3, 0.4) is 0 Å². The van der Waals surface area contributed by atoms with Gasteiger partial charge < -0.3 is 14.6 Å². The summed E-state index contributed by atoms with van der Waals surface area (Å²) >= 11 is 0. The van der Waals surface area contributed by atoms with Gasteiger partial charge in [-0.1, -0.05) is 0 Å². The Kier molecular flexibility index (Phi) is 4.62. The lowest BCUT2D eigenvalue weighted by Gasteiger charge is -2.46. The van der Waals surface area contributed by atoms with Gasteiger partial charge in [0.05, 0.1) is 6.54 Å². The smallest absolute Gasteiger partial charge is 0.410 e. The van der Waals surface area contributed by atoms with E-state index < -0.39 is 5.60 Å². The number of hydrogen-bond donors (Lipinski definition) is 1. The molecule has 1 N–H and O–H groups in total. The molecular weight excluding hydrogens is 292 g/mol. The summed E-state index contributed by atoms with van der Waals surface area (Å²) in [4.78, 5) is 23.8. The molecule has 0 aliphatic carbocycles. The minimum Gasteiger partial charge on any atom is -0.444 e. The third-order valence-corrected chi connectivity index (χ3v) is 4.70. The molecule has 6 nitrogen and oxygen atoms in total. The van der Waals surface area contributed by atoms with E-state index in [0.717, 1.165) is 38.5 Å². The second kappa shape index (κ2) is 6.51. The highest BCUT2D eigenvalue weighted by molar-refractivity contribution is 5.69. The Balaban J connectivity index is 1.45. The Bertz CT molecular complexity index is 517. The number of piperidine rings is 1. The van der Waals surface area contributed by atoms with E-state index in [0.29, 0.717) is 11.8 Å². The second-order valence-electron chi connectivity index (χ2n) is 7.82. The van der Waals surface area contributed by atoms with Crippen LogP contribution < -0.4 is 0 Å². The van der Waals surface area contributed by atoms with Crippen LogP contribution >= 0.6 is 0 Å². The number of amides is 1. The molecule has 0 saturated carbocycles. The number of aromatic nitrogens is 2. The topological polar surface area (TPSA) is 61.5 Å². The van der Waals surface area contributed by atoms with Crippen LogP contribution in [0.15, 0.2) is 12.4 Å². The van der Waals surface area contributed by atoms with Crippen molar-refractivity contribution < 1.29 is 9.53 Å². The van der Waals surface area contributed by atoms with E-state index >= 15 is 0 Å². The third kappa shape index (κ3) is 4.25. The van der Waals surface area contributed by atoms with Gasteiger partial charge in [-0.25, -0.2) is 9.78 Å². The number of ether oxygens (including phenoxy) is 1. The number of imidazole rings is 1. The molecule has 1 unspecified atom stereocenters. The predicted molar refractivity (Wildman–Crippen MR) is 87.9 cm³/mol. The van der Waals surface area contributed by atoms with Crippen LogP contribution in [0.5, 0.6) is 0 Å². The first-order valence-electron chi connectivity index (χ1n) is 8.59. The van der Waals surface area contributed by atoms with E-state index in [1.807, 2.05) is 31.9 Å². The predicted octanol–water partition coefficient (Wildman–Crippen LogP) is 2.49. The fourth-order valence-electron chi connectivity index (χ4n) is 3.50. The summed E-state index contributed by atoms with van der Waals surface area (Å²) in [7, 11) is 0. The number of hydrogen-bond acceptors (Lipinski definition) is 4. The monoisotopic (exact) mass is 320 g/mol. The van der Waals surface area contributed by atoms with Gasteiger partial charge in [0, 0.05) is 32.0 Å². The van der Waals surface area contributed by atoms with Crippen molar-refractivity contribution in [3.8, 4) is 0 Å². The van der Waals surface area contributed by atoms with Gasteiger partial charge >= 0.3 is 6.09 Å². The van der Waals surface area contributed by atoms with Crippen molar-refractivity contribution >= 4 is 6.09 Å². The lowest BCUT2D eigenvalue weighted by atomic mass is 9.81. The Morgan fingerprint density at radius 2 is 2.13 bits per heavy atom. The summed E-state index contributed by atoms with van der Waals surface area (Å²) in [6.07, 6.45) is 6.01. The van der Waals surface area contributed by atoms with Gasteiger partial charge in [-0.15, -0.1) is 0 Å². The van der Waals surface area contributed by atoms with Crippen LogP contribution in [0, 0.1) is 11.8 Å². The number of nitrogens with one attached hydrogen (secondary N) is 1. The fourth-order valence-corrected chi connectivity index (χ4v) is 3.50. The SMILES string of the molecule is CC(C)(C)OC(=O)N1CC(C2CCCN(Cc3ncc[nH]3)C2)C1. The molecule has 2 fully saturated rings. The minimum atomic E-state index is -0.410. The van der Waals surface area contributed by atoms with E-state index in [2.05, 4.69) is 14.9 Å². The zero-order chi connectivity index (χ0) is 16.4. The normalized spacial score (nSPS) is 23.6. The molecule has 2 aliphatic heterocycles. The van der Waals surface area contributed by atoms with Crippen LogP contribution in [-0.4, -0.2) is 57.6 Å². The zero-order valence-corrected chi connectivity index (χ0v) is 14.4. The van der Waals surface area contributed by atoms with Crippen molar-refractivity contribution in [2.45, 2.75) is 45.8 Å². The molecule has 23 heavy (non-hydrogen) atoms. The summed E-state index contributed by atoms with van der Waals surface area (Å²) in [5, 5.41) is 0. The van der Waals surface area contributed by atoms with Gasteiger partial charge in [-0.05, 0) is 52.0 Å². The molecule has 6 heteroatoms. The van der Waals surface area contributed by atoms with E-state index in [-0.39, 0.29) is 6.09 Å². The number of aromatic amines is 1. The Hall–Kier alpha value is -1.56. The molecule has 1 aromatic heterocycles. The summed E-state index contributed by atoms with van der Waals surface area (Å²) in [6, 6.07) is 0. The van der Waals surface area contributed by atoms with Crippen LogP contribution in [0.4, 0.5) is 4.79 Å². The average Bonchev–Trinajstić information content (AvgIpc) is 2.88. The molecule has 0 spiro atoms. The minimum absolute atomic E-state index is 0.169. The van der Waals surface area contributed by atoms with Crippen LogP contribution in [-0.2, 0) is 11.3 Å². The average molecular weight is 320 g/mol. The summed E-state index contributed by atoms with van der Waals surface area (Å²) < 4.78 is 5.43.